The molecule has 0 aliphatic heterocycles. The van der Waals surface area contributed by atoms with Crippen LogP contribution in [0.5, 0.6) is 0 Å². The van der Waals surface area contributed by atoms with Crippen LogP contribution in [0.2, 0.25) is 5.02 Å². The van der Waals surface area contributed by atoms with E-state index in [1.807, 2.05) is 6.92 Å². The van der Waals surface area contributed by atoms with Gasteiger partial charge >= 0.3 is 0 Å². The second-order valence-corrected chi connectivity index (χ2v) is 5.11. The Kier molecular flexibility index (Phi) is 3.27. The number of nitrogens with zero attached hydrogens (tertiary/aromatic N) is 1. The monoisotopic (exact) mass is 301 g/mol. The smallest absolute Gasteiger partial charge is 0.230 e. The summed E-state index contributed by atoms with van der Waals surface area (Å²) in [6, 6.07) is 8.60. The van der Waals surface area contributed by atoms with E-state index in [2.05, 4.69) is 10.1 Å². The van der Waals surface area contributed by atoms with Gasteiger partial charge in [-0.15, -0.1) is 0 Å². The lowest BCUT2D eigenvalue weighted by Crippen LogP contribution is -2.06. The Balaban J connectivity index is 2.21. The van der Waals surface area contributed by atoms with Gasteiger partial charge in [0.2, 0.25) is 5.88 Å². The zero-order chi connectivity index (χ0) is 15.0. The number of benzene rings is 1. The third-order valence-electron chi connectivity index (χ3n) is 3.16. The van der Waals surface area contributed by atoms with Crippen molar-refractivity contribution in [3.05, 3.63) is 57.5 Å². The normalized spacial score (nSPS) is 10.8. The number of nitrogens with two attached hydrogens (primary N) is 1. The van der Waals surface area contributed by atoms with Gasteiger partial charge < -0.3 is 15.2 Å². The summed E-state index contributed by atoms with van der Waals surface area (Å²) < 4.78 is 5.06. The molecule has 0 unspecified atom stereocenters. The molecule has 0 fully saturated rings. The van der Waals surface area contributed by atoms with Crippen molar-refractivity contribution >= 4 is 17.5 Å². The standard InChI is InChI=1S/C15H12ClN3O2/c1-8-6-12(20)11(7-18-8)14-13(15(17)21-19-14)9-2-4-10(16)5-3-9/h2-7H,17H2,1H3,(H,18,20). The van der Waals surface area contributed by atoms with Gasteiger partial charge in [0.05, 0.1) is 11.1 Å². The predicted octanol–water partition coefficient (Wildman–Crippen LogP) is 3.24. The highest BCUT2D eigenvalue weighted by Crippen LogP contribution is 2.35. The number of halogens is 1. The second kappa shape index (κ2) is 5.10. The van der Waals surface area contributed by atoms with E-state index >= 15 is 0 Å². The van der Waals surface area contributed by atoms with E-state index in [4.69, 9.17) is 21.9 Å². The van der Waals surface area contributed by atoms with Gasteiger partial charge in [0.15, 0.2) is 5.43 Å². The van der Waals surface area contributed by atoms with Gasteiger partial charge in [-0.1, -0.05) is 28.9 Å². The highest BCUT2D eigenvalue weighted by molar-refractivity contribution is 6.30. The first-order chi connectivity index (χ1) is 10.1. The third kappa shape index (κ3) is 2.43. The van der Waals surface area contributed by atoms with Crippen molar-refractivity contribution in [3.63, 3.8) is 0 Å². The van der Waals surface area contributed by atoms with Crippen LogP contribution in [0.3, 0.4) is 0 Å². The summed E-state index contributed by atoms with van der Waals surface area (Å²) in [5.74, 6) is 0.160. The first-order valence-corrected chi connectivity index (χ1v) is 6.65. The number of hydrogen-bond acceptors (Lipinski definition) is 4. The Morgan fingerprint density at radius 1 is 1.29 bits per heavy atom. The van der Waals surface area contributed by atoms with Gasteiger partial charge in [0, 0.05) is 23.0 Å². The van der Waals surface area contributed by atoms with E-state index in [9.17, 15) is 4.79 Å². The molecule has 1 aromatic carbocycles. The van der Waals surface area contributed by atoms with E-state index in [1.165, 1.54) is 6.07 Å². The predicted molar refractivity (Wildman–Crippen MR) is 82.2 cm³/mol. The maximum atomic E-state index is 12.1. The summed E-state index contributed by atoms with van der Waals surface area (Å²) in [7, 11) is 0. The molecule has 0 bridgehead atoms. The van der Waals surface area contributed by atoms with Crippen LogP contribution in [0.25, 0.3) is 22.4 Å². The van der Waals surface area contributed by atoms with E-state index in [-0.39, 0.29) is 11.3 Å². The molecule has 2 heterocycles. The Hall–Kier alpha value is -2.53. The number of H-pyrrole nitrogens is 1. The zero-order valence-corrected chi connectivity index (χ0v) is 11.9. The van der Waals surface area contributed by atoms with E-state index < -0.39 is 0 Å². The number of aromatic nitrogens is 2. The maximum Gasteiger partial charge on any atom is 0.230 e. The molecule has 0 amide bonds. The van der Waals surface area contributed by atoms with Crippen LogP contribution in [-0.4, -0.2) is 10.1 Å². The van der Waals surface area contributed by atoms with Gasteiger partial charge in [-0.2, -0.15) is 0 Å². The first-order valence-electron chi connectivity index (χ1n) is 6.27. The fourth-order valence-electron chi connectivity index (χ4n) is 2.14. The Bertz CT molecular complexity index is 850. The minimum absolute atomic E-state index is 0.144. The number of pyridine rings is 1. The van der Waals surface area contributed by atoms with Gasteiger partial charge in [0.25, 0.3) is 0 Å². The Morgan fingerprint density at radius 3 is 2.67 bits per heavy atom. The van der Waals surface area contributed by atoms with Crippen LogP contribution in [-0.2, 0) is 0 Å². The van der Waals surface area contributed by atoms with Crippen molar-refractivity contribution in [2.45, 2.75) is 6.92 Å². The lowest BCUT2D eigenvalue weighted by atomic mass is 10.0. The molecule has 3 rings (SSSR count). The molecule has 0 saturated heterocycles. The number of anilines is 1. The van der Waals surface area contributed by atoms with Crippen LogP contribution < -0.4 is 11.2 Å². The topological polar surface area (TPSA) is 84.9 Å². The summed E-state index contributed by atoms with van der Waals surface area (Å²) in [4.78, 5) is 15.1. The molecule has 5 nitrogen and oxygen atoms in total. The van der Waals surface area contributed by atoms with Crippen molar-refractivity contribution in [1.82, 2.24) is 10.1 Å². The lowest BCUT2D eigenvalue weighted by Gasteiger charge is -2.03. The molecule has 0 atom stereocenters. The molecule has 2 aromatic heterocycles. The van der Waals surface area contributed by atoms with Crippen molar-refractivity contribution < 1.29 is 4.52 Å². The van der Waals surface area contributed by atoms with E-state index in [1.54, 1.807) is 30.5 Å². The molecule has 0 saturated carbocycles. The lowest BCUT2D eigenvalue weighted by molar-refractivity contribution is 0.439. The maximum absolute atomic E-state index is 12.1. The number of nitrogen functional groups attached to an aromatic ring is 1. The minimum atomic E-state index is -0.144. The van der Waals surface area contributed by atoms with Crippen molar-refractivity contribution in [2.75, 3.05) is 5.73 Å². The quantitative estimate of drug-likeness (QED) is 0.761. The molecular weight excluding hydrogens is 290 g/mol. The van der Waals surface area contributed by atoms with Crippen molar-refractivity contribution in [3.8, 4) is 22.4 Å². The van der Waals surface area contributed by atoms with Gasteiger partial charge in [0.1, 0.15) is 5.69 Å². The summed E-state index contributed by atoms with van der Waals surface area (Å²) in [5.41, 5.74) is 8.67. The average molecular weight is 302 g/mol. The number of aryl methyl sites for hydroxylation is 1. The zero-order valence-electron chi connectivity index (χ0n) is 11.2. The molecule has 0 aliphatic rings. The van der Waals surface area contributed by atoms with Gasteiger partial charge in [-0.25, -0.2) is 0 Å². The van der Waals surface area contributed by atoms with Crippen molar-refractivity contribution in [2.24, 2.45) is 0 Å². The molecule has 3 aromatic rings. The van der Waals surface area contributed by atoms with Gasteiger partial charge in [-0.05, 0) is 24.6 Å². The average Bonchev–Trinajstić information content (AvgIpc) is 2.82. The van der Waals surface area contributed by atoms with Crippen LogP contribution in [0, 0.1) is 6.92 Å². The summed E-state index contributed by atoms with van der Waals surface area (Å²) in [6.07, 6.45) is 1.61. The van der Waals surface area contributed by atoms with Crippen LogP contribution >= 0.6 is 11.6 Å². The molecule has 0 radical (unpaired) electrons. The minimum Gasteiger partial charge on any atom is -0.367 e. The number of rotatable bonds is 2. The Labute approximate surface area is 125 Å². The third-order valence-corrected chi connectivity index (χ3v) is 3.42. The largest absolute Gasteiger partial charge is 0.367 e. The number of aromatic amines is 1. The van der Waals surface area contributed by atoms with Gasteiger partial charge in [-0.3, -0.25) is 4.79 Å². The summed E-state index contributed by atoms with van der Waals surface area (Å²) in [6.45, 7) is 1.81. The number of nitrogens with one attached hydrogen (secondary N) is 1. The number of hydrogen-bond donors (Lipinski definition) is 2. The summed E-state index contributed by atoms with van der Waals surface area (Å²) >= 11 is 5.89. The highest BCUT2D eigenvalue weighted by Gasteiger charge is 2.19. The first kappa shape index (κ1) is 13.5. The molecule has 106 valence electrons. The summed E-state index contributed by atoms with van der Waals surface area (Å²) in [5, 5.41) is 4.54. The van der Waals surface area contributed by atoms with Crippen LogP contribution in [0.1, 0.15) is 5.69 Å². The fourth-order valence-corrected chi connectivity index (χ4v) is 2.27. The van der Waals surface area contributed by atoms with Crippen molar-refractivity contribution in [1.29, 1.82) is 0 Å². The Morgan fingerprint density at radius 2 is 2.00 bits per heavy atom. The van der Waals surface area contributed by atoms with Crippen LogP contribution in [0.15, 0.2) is 45.8 Å². The molecular formula is C15H12ClN3O2. The van der Waals surface area contributed by atoms with Crippen LogP contribution in [0.4, 0.5) is 5.88 Å². The van der Waals surface area contributed by atoms with E-state index in [0.717, 1.165) is 11.3 Å². The second-order valence-electron chi connectivity index (χ2n) is 4.67. The molecule has 0 aliphatic carbocycles. The molecule has 21 heavy (non-hydrogen) atoms. The highest BCUT2D eigenvalue weighted by atomic mass is 35.5. The molecule has 6 heteroatoms. The molecule has 0 spiro atoms. The SMILES string of the molecule is Cc1cc(=O)c(-c2noc(N)c2-c2ccc(Cl)cc2)c[nH]1. The molecule has 3 N–H and O–H groups in total. The fraction of sp³-hybridized carbons (Fsp3) is 0.0667. The van der Waals surface area contributed by atoms with E-state index in [0.29, 0.717) is 21.8 Å².